The lowest BCUT2D eigenvalue weighted by Crippen LogP contribution is -2.10. The second-order valence-corrected chi connectivity index (χ2v) is 4.16. The number of H-pyrrole nitrogens is 1. The van der Waals surface area contributed by atoms with Gasteiger partial charge >= 0.3 is 0 Å². The lowest BCUT2D eigenvalue weighted by molar-refractivity contribution is 0.474. The molecule has 0 amide bonds. The second-order valence-electron chi connectivity index (χ2n) is 4.16. The van der Waals surface area contributed by atoms with E-state index in [9.17, 15) is 0 Å². The Morgan fingerprint density at radius 3 is 3.06 bits per heavy atom. The zero-order valence-electron chi connectivity index (χ0n) is 8.59. The predicted molar refractivity (Wildman–Crippen MR) is 54.9 cm³/mol. The summed E-state index contributed by atoms with van der Waals surface area (Å²) in [7, 11) is 0. The molecule has 0 spiro atoms. The van der Waals surface area contributed by atoms with Gasteiger partial charge in [0.05, 0.1) is 29.9 Å². The standard InChI is InChI=1S/C10H10N6/c11-6-10(2-3-10)7-16-5-9(14-15-16)8-1-4-12-13-8/h1,4-5H,2-3,7H2,(H,12,13). The van der Waals surface area contributed by atoms with Crippen molar-refractivity contribution in [3.05, 3.63) is 18.5 Å². The van der Waals surface area contributed by atoms with Crippen molar-refractivity contribution in [1.82, 2.24) is 25.2 Å². The van der Waals surface area contributed by atoms with Gasteiger partial charge in [-0.1, -0.05) is 5.21 Å². The number of hydrogen-bond donors (Lipinski definition) is 1. The SMILES string of the molecule is N#CC1(Cn2cc(-c3ccn[nH]3)nn2)CC1. The Bertz CT molecular complexity index is 528. The zero-order chi connectivity index (χ0) is 11.0. The molecule has 0 atom stereocenters. The van der Waals surface area contributed by atoms with Gasteiger partial charge in [-0.2, -0.15) is 10.4 Å². The molecular weight excluding hydrogens is 204 g/mol. The monoisotopic (exact) mass is 214 g/mol. The summed E-state index contributed by atoms with van der Waals surface area (Å²) < 4.78 is 1.73. The molecule has 3 rings (SSSR count). The molecule has 1 saturated carbocycles. The van der Waals surface area contributed by atoms with Crippen LogP contribution in [0, 0.1) is 16.7 Å². The van der Waals surface area contributed by atoms with E-state index in [0.29, 0.717) is 6.54 Å². The maximum absolute atomic E-state index is 8.98. The Labute approximate surface area is 91.9 Å². The van der Waals surface area contributed by atoms with Crippen LogP contribution in [0.1, 0.15) is 12.8 Å². The van der Waals surface area contributed by atoms with Gasteiger partial charge in [-0.25, -0.2) is 0 Å². The molecule has 80 valence electrons. The average Bonchev–Trinajstić information content (AvgIpc) is 2.72. The van der Waals surface area contributed by atoms with Gasteiger partial charge in [-0.3, -0.25) is 9.78 Å². The first-order valence-corrected chi connectivity index (χ1v) is 5.12. The van der Waals surface area contributed by atoms with Crippen LogP contribution in [-0.2, 0) is 6.54 Å². The second kappa shape index (κ2) is 3.17. The molecule has 1 aliphatic carbocycles. The summed E-state index contributed by atoms with van der Waals surface area (Å²) in [6.07, 6.45) is 5.43. The Balaban J connectivity index is 1.81. The Morgan fingerprint density at radius 2 is 2.44 bits per heavy atom. The molecule has 0 aromatic carbocycles. The van der Waals surface area contributed by atoms with Gasteiger partial charge in [-0.15, -0.1) is 5.10 Å². The molecule has 0 saturated heterocycles. The van der Waals surface area contributed by atoms with E-state index in [4.69, 9.17) is 5.26 Å². The highest BCUT2D eigenvalue weighted by Crippen LogP contribution is 2.46. The maximum Gasteiger partial charge on any atom is 0.130 e. The summed E-state index contributed by atoms with van der Waals surface area (Å²) in [6, 6.07) is 4.17. The summed E-state index contributed by atoms with van der Waals surface area (Å²) in [5.74, 6) is 0. The molecular formula is C10H10N6. The first-order chi connectivity index (χ1) is 7.81. The predicted octanol–water partition coefficient (Wildman–Crippen LogP) is 0.972. The molecule has 0 radical (unpaired) electrons. The number of nitriles is 1. The lowest BCUT2D eigenvalue weighted by atomic mass is 10.1. The number of aromatic amines is 1. The molecule has 1 N–H and O–H groups in total. The summed E-state index contributed by atoms with van der Waals surface area (Å²) >= 11 is 0. The van der Waals surface area contributed by atoms with Crippen molar-refractivity contribution in [3.8, 4) is 17.5 Å². The minimum Gasteiger partial charge on any atom is -0.276 e. The van der Waals surface area contributed by atoms with Crippen LogP contribution in [0.2, 0.25) is 0 Å². The number of aromatic nitrogens is 5. The van der Waals surface area contributed by atoms with Crippen molar-refractivity contribution in [1.29, 1.82) is 5.26 Å². The highest BCUT2D eigenvalue weighted by atomic mass is 15.4. The first-order valence-electron chi connectivity index (χ1n) is 5.12. The molecule has 2 heterocycles. The Morgan fingerprint density at radius 1 is 1.56 bits per heavy atom. The minimum absolute atomic E-state index is 0.195. The molecule has 1 aliphatic rings. The van der Waals surface area contributed by atoms with E-state index < -0.39 is 0 Å². The van der Waals surface area contributed by atoms with Crippen molar-refractivity contribution in [2.24, 2.45) is 5.41 Å². The zero-order valence-corrected chi connectivity index (χ0v) is 8.59. The molecule has 2 aromatic heterocycles. The van der Waals surface area contributed by atoms with E-state index in [1.807, 2.05) is 12.3 Å². The van der Waals surface area contributed by atoms with Crippen LogP contribution in [-0.4, -0.2) is 25.2 Å². The van der Waals surface area contributed by atoms with Gasteiger partial charge in [0.1, 0.15) is 5.69 Å². The maximum atomic E-state index is 8.98. The Kier molecular flexibility index (Phi) is 1.80. The molecule has 16 heavy (non-hydrogen) atoms. The van der Waals surface area contributed by atoms with Crippen molar-refractivity contribution < 1.29 is 0 Å². The molecule has 0 aliphatic heterocycles. The summed E-state index contributed by atoms with van der Waals surface area (Å²) in [6.45, 7) is 0.630. The van der Waals surface area contributed by atoms with Gasteiger partial charge < -0.3 is 0 Å². The normalized spacial score (nSPS) is 16.9. The van der Waals surface area contributed by atoms with Crippen LogP contribution < -0.4 is 0 Å². The quantitative estimate of drug-likeness (QED) is 0.825. The highest BCUT2D eigenvalue weighted by Gasteiger charge is 2.43. The molecule has 6 heteroatoms. The van der Waals surface area contributed by atoms with Crippen LogP contribution in [0.4, 0.5) is 0 Å². The Hall–Kier alpha value is -2.16. The van der Waals surface area contributed by atoms with Crippen molar-refractivity contribution in [2.45, 2.75) is 19.4 Å². The van der Waals surface area contributed by atoms with E-state index in [1.165, 1.54) is 0 Å². The topological polar surface area (TPSA) is 83.2 Å². The van der Waals surface area contributed by atoms with E-state index in [-0.39, 0.29) is 5.41 Å². The van der Waals surface area contributed by atoms with E-state index >= 15 is 0 Å². The highest BCUT2D eigenvalue weighted by molar-refractivity contribution is 5.50. The van der Waals surface area contributed by atoms with Crippen LogP contribution in [0.15, 0.2) is 18.5 Å². The summed E-state index contributed by atoms with van der Waals surface area (Å²) in [4.78, 5) is 0. The van der Waals surface area contributed by atoms with Gasteiger partial charge in [0.2, 0.25) is 0 Å². The smallest absolute Gasteiger partial charge is 0.130 e. The largest absolute Gasteiger partial charge is 0.276 e. The average molecular weight is 214 g/mol. The molecule has 1 fully saturated rings. The van der Waals surface area contributed by atoms with E-state index in [2.05, 4.69) is 26.6 Å². The molecule has 0 bridgehead atoms. The fourth-order valence-corrected chi connectivity index (χ4v) is 1.66. The summed E-state index contributed by atoms with van der Waals surface area (Å²) in [5, 5.41) is 23.7. The van der Waals surface area contributed by atoms with Crippen LogP contribution in [0.25, 0.3) is 11.4 Å². The fraction of sp³-hybridized carbons (Fsp3) is 0.400. The number of rotatable bonds is 3. The van der Waals surface area contributed by atoms with E-state index in [1.54, 1.807) is 10.9 Å². The molecule has 2 aromatic rings. The number of nitrogens with zero attached hydrogens (tertiary/aromatic N) is 5. The third-order valence-electron chi connectivity index (χ3n) is 2.87. The number of hydrogen-bond acceptors (Lipinski definition) is 4. The van der Waals surface area contributed by atoms with Crippen LogP contribution in [0.3, 0.4) is 0 Å². The first kappa shape index (κ1) is 9.09. The number of nitrogens with one attached hydrogen (secondary N) is 1. The van der Waals surface area contributed by atoms with Crippen molar-refractivity contribution in [3.63, 3.8) is 0 Å². The summed E-state index contributed by atoms with van der Waals surface area (Å²) in [5.41, 5.74) is 1.40. The van der Waals surface area contributed by atoms with Gasteiger partial charge in [0, 0.05) is 6.20 Å². The molecule has 0 unspecified atom stereocenters. The molecule has 6 nitrogen and oxygen atoms in total. The minimum atomic E-state index is -0.195. The lowest BCUT2D eigenvalue weighted by Gasteiger charge is -2.02. The van der Waals surface area contributed by atoms with Gasteiger partial charge in [0.15, 0.2) is 0 Å². The van der Waals surface area contributed by atoms with Crippen LogP contribution in [0.5, 0.6) is 0 Å². The van der Waals surface area contributed by atoms with E-state index in [0.717, 1.165) is 24.2 Å². The fourth-order valence-electron chi connectivity index (χ4n) is 1.66. The third kappa shape index (κ3) is 1.46. The van der Waals surface area contributed by atoms with Gasteiger partial charge in [-0.05, 0) is 18.9 Å². The van der Waals surface area contributed by atoms with Crippen LogP contribution >= 0.6 is 0 Å². The van der Waals surface area contributed by atoms with Crippen molar-refractivity contribution >= 4 is 0 Å². The van der Waals surface area contributed by atoms with Gasteiger partial charge in [0.25, 0.3) is 0 Å². The third-order valence-corrected chi connectivity index (χ3v) is 2.87. The van der Waals surface area contributed by atoms with Crippen molar-refractivity contribution in [2.75, 3.05) is 0 Å².